The van der Waals surface area contributed by atoms with Crippen molar-refractivity contribution in [2.45, 2.75) is 38.8 Å². The van der Waals surface area contributed by atoms with Gasteiger partial charge in [0.15, 0.2) is 0 Å². The fourth-order valence-electron chi connectivity index (χ4n) is 2.54. The van der Waals surface area contributed by atoms with Crippen molar-refractivity contribution >= 4 is 23.2 Å². The molecule has 1 saturated heterocycles. The number of nitrogens with one attached hydrogen (secondary N) is 1. The lowest BCUT2D eigenvalue weighted by molar-refractivity contribution is -0.136. The monoisotopic (exact) mass is 310 g/mol. The Labute approximate surface area is 129 Å². The lowest BCUT2D eigenvalue weighted by Gasteiger charge is -2.35. The zero-order chi connectivity index (χ0) is 15.4. The summed E-state index contributed by atoms with van der Waals surface area (Å²) in [5.41, 5.74) is 0. The second-order valence-corrected chi connectivity index (χ2v) is 6.62. The topological polar surface area (TPSA) is 69.6 Å². The van der Waals surface area contributed by atoms with E-state index in [0.29, 0.717) is 13.1 Å². The van der Waals surface area contributed by atoms with E-state index in [1.54, 1.807) is 4.90 Å². The average Bonchev–Trinajstić information content (AvgIpc) is 2.94. The Morgan fingerprint density at radius 1 is 1.57 bits per heavy atom. The third kappa shape index (κ3) is 4.28. The molecule has 0 spiro atoms. The summed E-state index contributed by atoms with van der Waals surface area (Å²) in [5.74, 6) is 0.0686. The van der Waals surface area contributed by atoms with Gasteiger partial charge in [-0.1, -0.05) is 13.0 Å². The normalized spacial score (nSPS) is 23.7. The first kappa shape index (κ1) is 16.0. The Hall–Kier alpha value is -1.40. The van der Waals surface area contributed by atoms with E-state index in [-0.39, 0.29) is 30.2 Å². The van der Waals surface area contributed by atoms with Crippen LogP contribution in [0.3, 0.4) is 0 Å². The summed E-state index contributed by atoms with van der Waals surface area (Å²) in [6, 6.07) is 3.54. The van der Waals surface area contributed by atoms with E-state index in [1.165, 1.54) is 18.3 Å². The summed E-state index contributed by atoms with van der Waals surface area (Å²) < 4.78 is 0. The molecule has 0 radical (unpaired) electrons. The van der Waals surface area contributed by atoms with E-state index in [4.69, 9.17) is 0 Å². The number of carbonyl (C=O) groups excluding carboxylic acids is 2. The van der Waals surface area contributed by atoms with Crippen LogP contribution in [0, 0.1) is 5.92 Å². The summed E-state index contributed by atoms with van der Waals surface area (Å²) in [5, 5.41) is 14.7. The maximum atomic E-state index is 12.4. The molecule has 1 aromatic rings. The highest BCUT2D eigenvalue weighted by Crippen LogP contribution is 2.24. The molecule has 3 atom stereocenters. The van der Waals surface area contributed by atoms with Gasteiger partial charge < -0.3 is 15.3 Å². The number of aliphatic hydroxyl groups is 1. The van der Waals surface area contributed by atoms with Gasteiger partial charge in [-0.3, -0.25) is 9.59 Å². The van der Waals surface area contributed by atoms with Crippen LogP contribution in [-0.4, -0.2) is 41.0 Å². The molecule has 2 amide bonds. The average molecular weight is 310 g/mol. The third-order valence-electron chi connectivity index (χ3n) is 3.91. The number of piperidine rings is 1. The molecule has 1 aliphatic rings. The van der Waals surface area contributed by atoms with Crippen LogP contribution < -0.4 is 5.32 Å². The van der Waals surface area contributed by atoms with Crippen LogP contribution in [0.1, 0.15) is 37.6 Å². The van der Waals surface area contributed by atoms with E-state index >= 15 is 0 Å². The molecule has 116 valence electrons. The molecule has 21 heavy (non-hydrogen) atoms. The molecule has 0 aromatic carbocycles. The van der Waals surface area contributed by atoms with Gasteiger partial charge in [0.1, 0.15) is 0 Å². The van der Waals surface area contributed by atoms with Crippen LogP contribution in [0.2, 0.25) is 0 Å². The van der Waals surface area contributed by atoms with Gasteiger partial charge in [-0.15, -0.1) is 11.3 Å². The Balaban J connectivity index is 1.99. The largest absolute Gasteiger partial charge is 0.391 e. The van der Waals surface area contributed by atoms with Crippen molar-refractivity contribution in [2.75, 3.05) is 13.1 Å². The number of thiophene rings is 1. The molecule has 2 N–H and O–H groups in total. The number of nitrogens with zero attached hydrogens (tertiary/aromatic N) is 1. The number of likely N-dealkylation sites (tertiary alicyclic amines) is 1. The van der Waals surface area contributed by atoms with Gasteiger partial charge in [-0.05, 0) is 23.8 Å². The summed E-state index contributed by atoms with van der Waals surface area (Å²) in [4.78, 5) is 26.4. The number of aliphatic hydroxyl groups excluding tert-OH is 1. The maximum Gasteiger partial charge on any atom is 0.225 e. The minimum Gasteiger partial charge on any atom is -0.391 e. The van der Waals surface area contributed by atoms with Crippen LogP contribution in [0.5, 0.6) is 0 Å². The van der Waals surface area contributed by atoms with Crippen molar-refractivity contribution in [1.29, 1.82) is 0 Å². The van der Waals surface area contributed by atoms with E-state index in [9.17, 15) is 14.7 Å². The molecule has 2 heterocycles. The smallest absolute Gasteiger partial charge is 0.225 e. The number of hydrogen-bond acceptors (Lipinski definition) is 4. The number of amides is 2. The van der Waals surface area contributed by atoms with Crippen LogP contribution in [0.25, 0.3) is 0 Å². The number of carbonyl (C=O) groups is 2. The van der Waals surface area contributed by atoms with Gasteiger partial charge in [-0.25, -0.2) is 0 Å². The van der Waals surface area contributed by atoms with Crippen LogP contribution >= 0.6 is 11.3 Å². The maximum absolute atomic E-state index is 12.4. The summed E-state index contributed by atoms with van der Waals surface area (Å²) in [7, 11) is 0. The fraction of sp³-hybridized carbons (Fsp3) is 0.600. The summed E-state index contributed by atoms with van der Waals surface area (Å²) in [6.07, 6.45) is 0.599. The molecule has 2 rings (SSSR count). The Kier molecular flexibility index (Phi) is 5.36. The van der Waals surface area contributed by atoms with E-state index < -0.39 is 6.10 Å². The SMILES string of the molecule is CC(=O)NC(CC(=O)N1CCC(C)C(O)C1)c1cccs1. The lowest BCUT2D eigenvalue weighted by Crippen LogP contribution is -2.46. The third-order valence-corrected chi connectivity index (χ3v) is 4.90. The molecule has 1 fully saturated rings. The molecule has 0 bridgehead atoms. The van der Waals surface area contributed by atoms with Gasteiger partial charge >= 0.3 is 0 Å². The number of rotatable bonds is 4. The van der Waals surface area contributed by atoms with Crippen molar-refractivity contribution in [2.24, 2.45) is 5.92 Å². The van der Waals surface area contributed by atoms with Crippen LogP contribution in [0.15, 0.2) is 17.5 Å². The molecule has 1 aliphatic heterocycles. The molecule has 0 saturated carbocycles. The molecular weight excluding hydrogens is 288 g/mol. The molecule has 0 aliphatic carbocycles. The summed E-state index contributed by atoms with van der Waals surface area (Å²) in [6.45, 7) is 4.52. The van der Waals surface area contributed by atoms with Crippen molar-refractivity contribution < 1.29 is 14.7 Å². The van der Waals surface area contributed by atoms with Gasteiger partial charge in [0.05, 0.1) is 18.6 Å². The van der Waals surface area contributed by atoms with Gasteiger partial charge in [-0.2, -0.15) is 0 Å². The van der Waals surface area contributed by atoms with E-state index in [2.05, 4.69) is 5.32 Å². The van der Waals surface area contributed by atoms with Crippen molar-refractivity contribution in [3.8, 4) is 0 Å². The minimum atomic E-state index is -0.455. The molecular formula is C15H22N2O3S. The predicted octanol–water partition coefficient (Wildman–Crippen LogP) is 1.54. The number of hydrogen-bond donors (Lipinski definition) is 2. The summed E-state index contributed by atoms with van der Waals surface area (Å²) >= 11 is 1.53. The molecule has 3 unspecified atom stereocenters. The molecule has 6 heteroatoms. The Morgan fingerprint density at radius 2 is 2.33 bits per heavy atom. The van der Waals surface area contributed by atoms with E-state index in [1.807, 2.05) is 24.4 Å². The second-order valence-electron chi connectivity index (χ2n) is 5.65. The van der Waals surface area contributed by atoms with Crippen LogP contribution in [-0.2, 0) is 9.59 Å². The van der Waals surface area contributed by atoms with E-state index in [0.717, 1.165) is 11.3 Å². The Morgan fingerprint density at radius 3 is 2.90 bits per heavy atom. The lowest BCUT2D eigenvalue weighted by atomic mass is 9.95. The van der Waals surface area contributed by atoms with Crippen molar-refractivity contribution in [1.82, 2.24) is 10.2 Å². The van der Waals surface area contributed by atoms with Gasteiger partial charge in [0, 0.05) is 24.9 Å². The second kappa shape index (κ2) is 7.04. The molecule has 5 nitrogen and oxygen atoms in total. The fourth-order valence-corrected chi connectivity index (χ4v) is 3.31. The quantitative estimate of drug-likeness (QED) is 0.886. The first-order chi connectivity index (χ1) is 9.97. The van der Waals surface area contributed by atoms with Gasteiger partial charge in [0.25, 0.3) is 0 Å². The standard InChI is InChI=1S/C15H22N2O3S/c1-10-5-6-17(9-13(10)19)15(20)8-12(16-11(2)18)14-4-3-7-21-14/h3-4,7,10,12-13,19H,5-6,8-9H2,1-2H3,(H,16,18). The minimum absolute atomic E-state index is 0.0203. The van der Waals surface area contributed by atoms with Crippen molar-refractivity contribution in [3.05, 3.63) is 22.4 Å². The Bertz CT molecular complexity index is 489. The zero-order valence-electron chi connectivity index (χ0n) is 12.4. The van der Waals surface area contributed by atoms with Crippen molar-refractivity contribution in [3.63, 3.8) is 0 Å². The highest BCUT2D eigenvalue weighted by molar-refractivity contribution is 7.10. The van der Waals surface area contributed by atoms with Gasteiger partial charge in [0.2, 0.25) is 11.8 Å². The number of β-amino-alcohol motifs (C(OH)–C–C–N with tert-alkyl or cyclic N) is 1. The highest BCUT2D eigenvalue weighted by Gasteiger charge is 2.29. The molecule has 1 aromatic heterocycles. The first-order valence-corrected chi connectivity index (χ1v) is 8.11. The van der Waals surface area contributed by atoms with Crippen LogP contribution in [0.4, 0.5) is 0 Å². The predicted molar refractivity (Wildman–Crippen MR) is 81.9 cm³/mol. The zero-order valence-corrected chi connectivity index (χ0v) is 13.2. The first-order valence-electron chi connectivity index (χ1n) is 7.23. The highest BCUT2D eigenvalue weighted by atomic mass is 32.1.